The molecule has 0 aliphatic heterocycles. The van der Waals surface area contributed by atoms with E-state index in [4.69, 9.17) is 0 Å². The highest BCUT2D eigenvalue weighted by Crippen LogP contribution is 2.15. The number of hydrogen-bond donors (Lipinski definition) is 2. The van der Waals surface area contributed by atoms with Gasteiger partial charge in [-0.1, -0.05) is 40.2 Å². The van der Waals surface area contributed by atoms with Crippen LogP contribution in [0.2, 0.25) is 0 Å². The molecular weight excluding hydrogens is 426 g/mol. The molecule has 0 unspecified atom stereocenters. The van der Waals surface area contributed by atoms with E-state index in [0.29, 0.717) is 10.0 Å². The lowest BCUT2D eigenvalue weighted by Gasteiger charge is -2.05. The lowest BCUT2D eigenvalue weighted by Crippen LogP contribution is -2.35. The number of hydrazone groups is 1. The van der Waals surface area contributed by atoms with Crippen LogP contribution in [0.3, 0.4) is 0 Å². The summed E-state index contributed by atoms with van der Waals surface area (Å²) in [6.45, 7) is -0.157. The highest BCUT2D eigenvalue weighted by atomic mass is 79.9. The third-order valence-corrected chi connectivity index (χ3v) is 3.96. The number of hydrogen-bond acceptors (Lipinski definition) is 3. The number of amides is 2. The minimum Gasteiger partial charge on any atom is -0.343 e. The maximum absolute atomic E-state index is 11.9. The van der Waals surface area contributed by atoms with Gasteiger partial charge in [0.2, 0.25) is 0 Å². The van der Waals surface area contributed by atoms with Crippen molar-refractivity contribution in [1.29, 1.82) is 0 Å². The molecule has 0 aliphatic rings. The van der Waals surface area contributed by atoms with E-state index in [1.54, 1.807) is 18.2 Å². The Bertz CT molecular complexity index is 748. The number of nitrogens with one attached hydrogen (secondary N) is 2. The SMILES string of the molecule is O=C(CNC(=O)c1ccccc1Br)NN=Cc1cccc(Br)c1. The van der Waals surface area contributed by atoms with Crippen molar-refractivity contribution in [2.24, 2.45) is 5.10 Å². The van der Waals surface area contributed by atoms with Gasteiger partial charge < -0.3 is 5.32 Å². The highest BCUT2D eigenvalue weighted by molar-refractivity contribution is 9.10. The van der Waals surface area contributed by atoms with Gasteiger partial charge in [0.1, 0.15) is 0 Å². The van der Waals surface area contributed by atoms with Gasteiger partial charge in [-0.15, -0.1) is 0 Å². The number of rotatable bonds is 5. The first-order valence-corrected chi connectivity index (χ1v) is 8.25. The zero-order valence-electron chi connectivity index (χ0n) is 11.9. The van der Waals surface area contributed by atoms with E-state index in [1.165, 1.54) is 6.21 Å². The molecule has 0 atom stereocenters. The molecule has 2 aromatic carbocycles. The van der Waals surface area contributed by atoms with Crippen molar-refractivity contribution in [3.05, 3.63) is 68.6 Å². The molecule has 5 nitrogen and oxygen atoms in total. The van der Waals surface area contributed by atoms with Gasteiger partial charge >= 0.3 is 0 Å². The standard InChI is InChI=1S/C16H13Br2N3O2/c17-12-5-3-4-11(8-12)9-20-21-15(22)10-19-16(23)13-6-1-2-7-14(13)18/h1-9H,10H2,(H,19,23)(H,21,22). The van der Waals surface area contributed by atoms with Crippen molar-refractivity contribution in [2.75, 3.05) is 6.54 Å². The molecule has 2 amide bonds. The van der Waals surface area contributed by atoms with Crippen LogP contribution >= 0.6 is 31.9 Å². The summed E-state index contributed by atoms with van der Waals surface area (Å²) in [5, 5.41) is 6.38. The fraction of sp³-hybridized carbons (Fsp3) is 0.0625. The van der Waals surface area contributed by atoms with Crippen LogP contribution in [-0.4, -0.2) is 24.6 Å². The molecule has 2 N–H and O–H groups in total. The zero-order chi connectivity index (χ0) is 16.7. The average Bonchev–Trinajstić information content (AvgIpc) is 2.53. The lowest BCUT2D eigenvalue weighted by atomic mass is 10.2. The molecule has 2 rings (SSSR count). The second-order valence-corrected chi connectivity index (χ2v) is 6.28. The fourth-order valence-electron chi connectivity index (χ4n) is 1.71. The topological polar surface area (TPSA) is 70.6 Å². The molecule has 0 saturated heterocycles. The molecule has 118 valence electrons. The summed E-state index contributed by atoms with van der Waals surface area (Å²) in [5.41, 5.74) is 3.68. The molecule has 0 aliphatic carbocycles. The third kappa shape index (κ3) is 5.61. The Balaban J connectivity index is 1.81. The summed E-state index contributed by atoms with van der Waals surface area (Å²) in [4.78, 5) is 23.6. The Morgan fingerprint density at radius 2 is 1.87 bits per heavy atom. The van der Waals surface area contributed by atoms with Crippen LogP contribution in [0.1, 0.15) is 15.9 Å². The molecule has 0 radical (unpaired) electrons. The number of carbonyl (C=O) groups excluding carboxylic acids is 2. The van der Waals surface area contributed by atoms with Crippen LogP contribution in [0.25, 0.3) is 0 Å². The van der Waals surface area contributed by atoms with Gasteiger partial charge in [-0.05, 0) is 45.8 Å². The summed E-state index contributed by atoms with van der Waals surface area (Å²) in [6, 6.07) is 14.5. The third-order valence-electron chi connectivity index (χ3n) is 2.78. The van der Waals surface area contributed by atoms with Crippen molar-refractivity contribution < 1.29 is 9.59 Å². The summed E-state index contributed by atoms with van der Waals surface area (Å²) in [5.74, 6) is -0.736. The van der Waals surface area contributed by atoms with Crippen LogP contribution in [0.4, 0.5) is 0 Å². The maximum atomic E-state index is 11.9. The smallest absolute Gasteiger partial charge is 0.259 e. The van der Waals surface area contributed by atoms with Gasteiger partial charge in [0, 0.05) is 8.95 Å². The summed E-state index contributed by atoms with van der Waals surface area (Å²) >= 11 is 6.64. The molecule has 7 heteroatoms. The van der Waals surface area contributed by atoms with E-state index >= 15 is 0 Å². The average molecular weight is 439 g/mol. The van der Waals surface area contributed by atoms with Crippen LogP contribution < -0.4 is 10.7 Å². The Kier molecular flexibility index (Phi) is 6.49. The molecule has 0 bridgehead atoms. The summed E-state index contributed by atoms with van der Waals surface area (Å²) < 4.78 is 1.60. The molecule has 2 aromatic rings. The van der Waals surface area contributed by atoms with Gasteiger partial charge in [-0.3, -0.25) is 9.59 Å². The summed E-state index contributed by atoms with van der Waals surface area (Å²) in [7, 11) is 0. The predicted octanol–water partition coefficient (Wildman–Crippen LogP) is 3.09. The predicted molar refractivity (Wildman–Crippen MR) is 96.4 cm³/mol. The Labute approximate surface area is 150 Å². The molecule has 23 heavy (non-hydrogen) atoms. The number of nitrogens with zero attached hydrogens (tertiary/aromatic N) is 1. The van der Waals surface area contributed by atoms with E-state index in [0.717, 1.165) is 10.0 Å². The quantitative estimate of drug-likeness (QED) is 0.556. The number of benzene rings is 2. The van der Waals surface area contributed by atoms with Gasteiger partial charge in [-0.25, -0.2) is 5.43 Å². The Morgan fingerprint density at radius 3 is 2.61 bits per heavy atom. The molecule has 0 spiro atoms. The zero-order valence-corrected chi connectivity index (χ0v) is 15.1. The van der Waals surface area contributed by atoms with Crippen LogP contribution in [0.15, 0.2) is 62.6 Å². The molecule has 0 saturated carbocycles. The van der Waals surface area contributed by atoms with Crippen LogP contribution in [0.5, 0.6) is 0 Å². The van der Waals surface area contributed by atoms with E-state index in [-0.39, 0.29) is 12.5 Å². The van der Waals surface area contributed by atoms with Crippen molar-refractivity contribution in [3.8, 4) is 0 Å². The number of halogens is 2. The van der Waals surface area contributed by atoms with Crippen molar-refractivity contribution in [1.82, 2.24) is 10.7 Å². The molecule has 0 aromatic heterocycles. The van der Waals surface area contributed by atoms with E-state index in [9.17, 15) is 9.59 Å². The minimum absolute atomic E-state index is 0.157. The lowest BCUT2D eigenvalue weighted by molar-refractivity contribution is -0.120. The first-order chi connectivity index (χ1) is 11.1. The molecule has 0 heterocycles. The largest absolute Gasteiger partial charge is 0.343 e. The van der Waals surface area contributed by atoms with Gasteiger partial charge in [0.25, 0.3) is 11.8 Å². The van der Waals surface area contributed by atoms with Gasteiger partial charge in [0.15, 0.2) is 0 Å². The first kappa shape index (κ1) is 17.4. The normalized spacial score (nSPS) is 10.5. The van der Waals surface area contributed by atoms with Crippen molar-refractivity contribution >= 4 is 49.9 Å². The van der Waals surface area contributed by atoms with Crippen molar-refractivity contribution in [3.63, 3.8) is 0 Å². The molecular formula is C16H13Br2N3O2. The fourth-order valence-corrected chi connectivity index (χ4v) is 2.59. The summed E-state index contributed by atoms with van der Waals surface area (Å²) in [6.07, 6.45) is 1.53. The first-order valence-electron chi connectivity index (χ1n) is 6.66. The minimum atomic E-state index is -0.406. The van der Waals surface area contributed by atoms with E-state index < -0.39 is 5.91 Å². The van der Waals surface area contributed by atoms with E-state index in [2.05, 4.69) is 47.7 Å². The maximum Gasteiger partial charge on any atom is 0.259 e. The van der Waals surface area contributed by atoms with Crippen LogP contribution in [-0.2, 0) is 4.79 Å². The number of carbonyl (C=O) groups is 2. The Morgan fingerprint density at radius 1 is 1.09 bits per heavy atom. The van der Waals surface area contributed by atoms with Crippen molar-refractivity contribution in [2.45, 2.75) is 0 Å². The second kappa shape index (κ2) is 8.59. The Hall–Kier alpha value is -1.99. The van der Waals surface area contributed by atoms with Crippen LogP contribution in [0, 0.1) is 0 Å². The van der Waals surface area contributed by atoms with E-state index in [1.807, 2.05) is 30.3 Å². The monoisotopic (exact) mass is 437 g/mol. The second-order valence-electron chi connectivity index (χ2n) is 4.51. The van der Waals surface area contributed by atoms with Gasteiger partial charge in [-0.2, -0.15) is 5.10 Å². The highest BCUT2D eigenvalue weighted by Gasteiger charge is 2.10. The molecule has 0 fully saturated rings. The van der Waals surface area contributed by atoms with Gasteiger partial charge in [0.05, 0.1) is 18.3 Å².